The summed E-state index contributed by atoms with van der Waals surface area (Å²) < 4.78 is 3.65. The van der Waals surface area contributed by atoms with Crippen LogP contribution in [0.1, 0.15) is 23.4 Å². The topological polar surface area (TPSA) is 85.3 Å². The predicted molar refractivity (Wildman–Crippen MR) is 75.0 cm³/mol. The van der Waals surface area contributed by atoms with E-state index in [4.69, 9.17) is 5.11 Å². The molecule has 0 aliphatic rings. The summed E-state index contributed by atoms with van der Waals surface area (Å²) >= 11 is 0. The number of aromatic nitrogens is 5. The number of pyridine rings is 1. The number of aliphatic carboxylic acids is 1. The van der Waals surface area contributed by atoms with E-state index in [0.717, 1.165) is 11.3 Å². The van der Waals surface area contributed by atoms with Gasteiger partial charge in [0.05, 0.1) is 24.4 Å². The second kappa shape index (κ2) is 5.35. The van der Waals surface area contributed by atoms with E-state index in [1.165, 1.54) is 5.56 Å². The Morgan fingerprint density at radius 2 is 2.10 bits per heavy atom. The van der Waals surface area contributed by atoms with E-state index in [2.05, 4.69) is 15.3 Å². The summed E-state index contributed by atoms with van der Waals surface area (Å²) in [4.78, 5) is 15.0. The van der Waals surface area contributed by atoms with Crippen molar-refractivity contribution in [1.29, 1.82) is 0 Å². The molecular formula is C14H15N5O2. The Hall–Kier alpha value is -2.70. The number of nitrogens with zero attached hydrogens (tertiary/aromatic N) is 5. The molecule has 3 rings (SSSR count). The van der Waals surface area contributed by atoms with Crippen LogP contribution in [-0.4, -0.2) is 35.5 Å². The van der Waals surface area contributed by atoms with Crippen molar-refractivity contribution in [2.24, 2.45) is 0 Å². The Bertz CT molecular complexity index is 790. The van der Waals surface area contributed by atoms with Gasteiger partial charge < -0.3 is 9.51 Å². The van der Waals surface area contributed by atoms with Gasteiger partial charge in [-0.1, -0.05) is 11.3 Å². The first-order valence-corrected chi connectivity index (χ1v) is 6.65. The van der Waals surface area contributed by atoms with Gasteiger partial charge in [-0.25, -0.2) is 9.67 Å². The highest BCUT2D eigenvalue weighted by Crippen LogP contribution is 2.08. The molecule has 3 heterocycles. The summed E-state index contributed by atoms with van der Waals surface area (Å²) in [6, 6.07) is 3.99. The average molecular weight is 285 g/mol. The van der Waals surface area contributed by atoms with Gasteiger partial charge in [0.2, 0.25) is 0 Å². The van der Waals surface area contributed by atoms with Gasteiger partial charge in [-0.15, -0.1) is 5.10 Å². The van der Waals surface area contributed by atoms with Gasteiger partial charge in [-0.3, -0.25) is 4.79 Å². The summed E-state index contributed by atoms with van der Waals surface area (Å²) in [5.74, 6) is -0.833. The normalized spacial score (nSPS) is 11.1. The Morgan fingerprint density at radius 1 is 1.24 bits per heavy atom. The Morgan fingerprint density at radius 3 is 2.90 bits per heavy atom. The van der Waals surface area contributed by atoms with Crippen LogP contribution in [0.5, 0.6) is 0 Å². The second-order valence-corrected chi connectivity index (χ2v) is 5.01. The molecule has 0 aliphatic carbocycles. The zero-order chi connectivity index (χ0) is 14.8. The summed E-state index contributed by atoms with van der Waals surface area (Å²) in [5, 5.41) is 16.6. The molecule has 3 aromatic rings. The third kappa shape index (κ3) is 3.07. The number of hydrogen-bond donors (Lipinski definition) is 1. The van der Waals surface area contributed by atoms with Crippen molar-refractivity contribution >= 4 is 11.6 Å². The molecule has 0 amide bonds. The molecule has 0 fully saturated rings. The number of carboxylic acid groups (broad SMARTS) is 1. The van der Waals surface area contributed by atoms with Crippen molar-refractivity contribution in [3.8, 4) is 0 Å². The van der Waals surface area contributed by atoms with Crippen molar-refractivity contribution in [3.63, 3.8) is 0 Å². The minimum absolute atomic E-state index is 0.0618. The Kier molecular flexibility index (Phi) is 3.39. The van der Waals surface area contributed by atoms with Crippen LogP contribution in [0.2, 0.25) is 0 Å². The maximum absolute atomic E-state index is 10.5. The summed E-state index contributed by atoms with van der Waals surface area (Å²) in [6.07, 6.45) is 6.19. The van der Waals surface area contributed by atoms with E-state index in [9.17, 15) is 4.79 Å². The molecule has 108 valence electrons. The molecule has 0 spiro atoms. The van der Waals surface area contributed by atoms with Crippen molar-refractivity contribution in [3.05, 3.63) is 47.7 Å². The fourth-order valence-electron chi connectivity index (χ4n) is 2.16. The van der Waals surface area contributed by atoms with Crippen LogP contribution in [0, 0.1) is 6.92 Å². The van der Waals surface area contributed by atoms with Crippen molar-refractivity contribution < 1.29 is 9.90 Å². The standard InChI is InChI=1S/C14H15N5O2/c1-10-2-4-13-15-12(7-18(13)6-10)9-19-8-11(16-17-19)3-5-14(20)21/h2,4,6-8H,3,5,9H2,1H3,(H,20,21). The first-order chi connectivity index (χ1) is 10.1. The van der Waals surface area contributed by atoms with E-state index in [-0.39, 0.29) is 6.42 Å². The third-order valence-electron chi connectivity index (χ3n) is 3.15. The van der Waals surface area contributed by atoms with Gasteiger partial charge in [-0.05, 0) is 18.6 Å². The zero-order valence-electron chi connectivity index (χ0n) is 11.6. The van der Waals surface area contributed by atoms with E-state index < -0.39 is 5.97 Å². The highest BCUT2D eigenvalue weighted by Gasteiger charge is 2.07. The van der Waals surface area contributed by atoms with Gasteiger partial charge in [0.15, 0.2) is 0 Å². The largest absolute Gasteiger partial charge is 0.481 e. The number of fused-ring (bicyclic) bond motifs is 1. The van der Waals surface area contributed by atoms with Crippen LogP contribution < -0.4 is 0 Å². The molecule has 1 N–H and O–H groups in total. The lowest BCUT2D eigenvalue weighted by atomic mass is 10.2. The SMILES string of the molecule is Cc1ccc2nc(Cn3cc(CCC(=O)O)nn3)cn2c1. The highest BCUT2D eigenvalue weighted by atomic mass is 16.4. The minimum atomic E-state index is -0.833. The number of carbonyl (C=O) groups is 1. The molecule has 0 saturated heterocycles. The maximum Gasteiger partial charge on any atom is 0.303 e. The molecule has 0 aliphatic heterocycles. The molecule has 0 bridgehead atoms. The number of carboxylic acids is 1. The first kappa shape index (κ1) is 13.3. The van der Waals surface area contributed by atoms with Crippen LogP contribution in [0.4, 0.5) is 0 Å². The highest BCUT2D eigenvalue weighted by molar-refractivity contribution is 5.66. The molecule has 7 heteroatoms. The molecule has 7 nitrogen and oxygen atoms in total. The van der Waals surface area contributed by atoms with Gasteiger partial charge in [0, 0.05) is 25.0 Å². The number of hydrogen-bond acceptors (Lipinski definition) is 4. The Balaban J connectivity index is 1.74. The molecule has 0 unspecified atom stereocenters. The molecule has 0 aromatic carbocycles. The molecule has 21 heavy (non-hydrogen) atoms. The van der Waals surface area contributed by atoms with Gasteiger partial charge in [0.25, 0.3) is 0 Å². The van der Waals surface area contributed by atoms with E-state index >= 15 is 0 Å². The number of imidazole rings is 1. The monoisotopic (exact) mass is 285 g/mol. The maximum atomic E-state index is 10.5. The first-order valence-electron chi connectivity index (χ1n) is 6.65. The van der Waals surface area contributed by atoms with E-state index in [0.29, 0.717) is 18.7 Å². The average Bonchev–Trinajstić information content (AvgIpc) is 3.02. The third-order valence-corrected chi connectivity index (χ3v) is 3.15. The lowest BCUT2D eigenvalue weighted by molar-refractivity contribution is -0.136. The molecule has 0 radical (unpaired) electrons. The molecule has 3 aromatic heterocycles. The second-order valence-electron chi connectivity index (χ2n) is 5.01. The van der Waals surface area contributed by atoms with Crippen LogP contribution in [0.3, 0.4) is 0 Å². The van der Waals surface area contributed by atoms with Crippen LogP contribution in [0.15, 0.2) is 30.7 Å². The lowest BCUT2D eigenvalue weighted by Crippen LogP contribution is -2.00. The number of aryl methyl sites for hydroxylation is 2. The molecule has 0 atom stereocenters. The van der Waals surface area contributed by atoms with E-state index in [1.54, 1.807) is 10.9 Å². The van der Waals surface area contributed by atoms with Crippen LogP contribution in [-0.2, 0) is 17.8 Å². The quantitative estimate of drug-likeness (QED) is 0.763. The van der Waals surface area contributed by atoms with Crippen molar-refractivity contribution in [2.45, 2.75) is 26.3 Å². The molecular weight excluding hydrogens is 270 g/mol. The van der Waals surface area contributed by atoms with Crippen LogP contribution in [0.25, 0.3) is 5.65 Å². The zero-order valence-corrected chi connectivity index (χ0v) is 11.6. The van der Waals surface area contributed by atoms with Gasteiger partial charge in [-0.2, -0.15) is 0 Å². The summed E-state index contributed by atoms with van der Waals surface area (Å²) in [6.45, 7) is 2.55. The number of rotatable bonds is 5. The Labute approximate surface area is 120 Å². The van der Waals surface area contributed by atoms with Crippen molar-refractivity contribution in [1.82, 2.24) is 24.4 Å². The lowest BCUT2D eigenvalue weighted by Gasteiger charge is -1.94. The molecule has 0 saturated carbocycles. The van der Waals surface area contributed by atoms with Crippen LogP contribution >= 0.6 is 0 Å². The fourth-order valence-corrected chi connectivity index (χ4v) is 2.16. The fraction of sp³-hybridized carbons (Fsp3) is 0.286. The van der Waals surface area contributed by atoms with E-state index in [1.807, 2.05) is 35.9 Å². The van der Waals surface area contributed by atoms with Crippen molar-refractivity contribution in [2.75, 3.05) is 0 Å². The summed E-state index contributed by atoms with van der Waals surface area (Å²) in [7, 11) is 0. The van der Waals surface area contributed by atoms with Gasteiger partial charge in [0.1, 0.15) is 5.65 Å². The van der Waals surface area contributed by atoms with Gasteiger partial charge >= 0.3 is 5.97 Å². The minimum Gasteiger partial charge on any atom is -0.481 e. The summed E-state index contributed by atoms with van der Waals surface area (Å²) in [5.41, 5.74) is 3.62. The predicted octanol–water partition coefficient (Wildman–Crippen LogP) is 1.30. The smallest absolute Gasteiger partial charge is 0.303 e.